The van der Waals surface area contributed by atoms with Gasteiger partial charge < -0.3 is 11.5 Å². The summed E-state index contributed by atoms with van der Waals surface area (Å²) in [5, 5.41) is 14.7. The highest BCUT2D eigenvalue weighted by Crippen LogP contribution is 2.27. The number of hydrogen-bond donors (Lipinski definition) is 3. The van der Waals surface area contributed by atoms with E-state index in [0.717, 1.165) is 16.3 Å². The number of nitrogens with two attached hydrogens (primary N) is 2. The number of thioether (sulfide) groups is 1. The molecule has 2 heterocycles. The van der Waals surface area contributed by atoms with Crippen LogP contribution in [0.2, 0.25) is 0 Å². The van der Waals surface area contributed by atoms with Gasteiger partial charge in [0.05, 0.1) is 5.69 Å². The summed E-state index contributed by atoms with van der Waals surface area (Å²) < 4.78 is 0. The summed E-state index contributed by atoms with van der Waals surface area (Å²) in [5.74, 6) is 0.501. The molecule has 0 aliphatic rings. The van der Waals surface area contributed by atoms with Crippen LogP contribution in [0.4, 0.5) is 0 Å². The molecule has 0 unspecified atom stereocenters. The van der Waals surface area contributed by atoms with Crippen molar-refractivity contribution in [3.63, 3.8) is 0 Å². The molecular weight excluding hydrogens is 286 g/mol. The van der Waals surface area contributed by atoms with Gasteiger partial charge in [-0.05, 0) is 11.4 Å². The maximum Gasteiger partial charge on any atom is 0.193 e. The number of thiophene rings is 1. The Morgan fingerprint density at radius 1 is 1.44 bits per heavy atom. The lowest BCUT2D eigenvalue weighted by molar-refractivity contribution is 1.24. The summed E-state index contributed by atoms with van der Waals surface area (Å²) >= 11 is 4.50. The van der Waals surface area contributed by atoms with Crippen LogP contribution in [0.3, 0.4) is 0 Å². The van der Waals surface area contributed by atoms with Gasteiger partial charge in [0.1, 0.15) is 5.01 Å². The maximum absolute atomic E-state index is 7.51. The highest BCUT2D eigenvalue weighted by molar-refractivity contribution is 8.13. The third kappa shape index (κ3) is 3.56. The largest absolute Gasteiger partial charge is 0.370 e. The smallest absolute Gasteiger partial charge is 0.193 e. The van der Waals surface area contributed by atoms with E-state index in [2.05, 4.69) is 15.4 Å². The van der Waals surface area contributed by atoms with Crippen LogP contribution in [-0.4, -0.2) is 16.1 Å². The second-order valence-corrected chi connectivity index (χ2v) is 5.89. The average molecular weight is 297 g/mol. The normalized spacial score (nSPS) is 10.2. The highest BCUT2D eigenvalue weighted by Gasteiger charge is 2.06. The van der Waals surface area contributed by atoms with Gasteiger partial charge in [0.2, 0.25) is 0 Å². The van der Waals surface area contributed by atoms with Gasteiger partial charge >= 0.3 is 0 Å². The average Bonchev–Trinajstić information content (AvgIpc) is 2.96. The fraction of sp³-hybridized carbons (Fsp3) is 0.100. The first-order valence-corrected chi connectivity index (χ1v) is 7.74. The highest BCUT2D eigenvalue weighted by atomic mass is 32.2. The predicted octanol–water partition coefficient (Wildman–Crippen LogP) is 2.31. The molecule has 0 saturated carbocycles. The molecule has 18 heavy (non-hydrogen) atoms. The van der Waals surface area contributed by atoms with Gasteiger partial charge in [0, 0.05) is 22.1 Å². The topological polar surface area (TPSA) is 101 Å². The number of thiazole rings is 1. The molecule has 0 atom stereocenters. The number of aromatic nitrogens is 1. The summed E-state index contributed by atoms with van der Waals surface area (Å²) in [4.78, 5) is 8.15. The van der Waals surface area contributed by atoms with Gasteiger partial charge in [-0.1, -0.05) is 11.8 Å². The molecule has 0 fully saturated rings. The Hall–Kier alpha value is -1.38. The molecule has 0 spiro atoms. The molecule has 0 bridgehead atoms. The quantitative estimate of drug-likeness (QED) is 0.597. The molecule has 0 aromatic carbocycles. The molecule has 0 radical (unpaired) electrons. The number of hydrogen-bond acceptors (Lipinski definition) is 5. The first-order chi connectivity index (χ1) is 8.65. The zero-order chi connectivity index (χ0) is 13.0. The predicted molar refractivity (Wildman–Crippen MR) is 80.3 cm³/mol. The second-order valence-electron chi connectivity index (χ2n) is 3.29. The van der Waals surface area contributed by atoms with Gasteiger partial charge in [-0.25, -0.2) is 4.98 Å². The van der Waals surface area contributed by atoms with Gasteiger partial charge in [0.25, 0.3) is 0 Å². The van der Waals surface area contributed by atoms with Crippen LogP contribution >= 0.6 is 34.4 Å². The lowest BCUT2D eigenvalue weighted by Gasteiger charge is -1.96. The third-order valence-electron chi connectivity index (χ3n) is 1.91. The minimum absolute atomic E-state index is 0.0928. The van der Waals surface area contributed by atoms with Gasteiger partial charge in [-0.3, -0.25) is 5.41 Å². The molecule has 94 valence electrons. The molecule has 0 amide bonds. The van der Waals surface area contributed by atoms with E-state index in [9.17, 15) is 0 Å². The molecule has 0 aliphatic carbocycles. The molecule has 5 N–H and O–H groups in total. The Bertz CT molecular complexity index is 554. The van der Waals surface area contributed by atoms with E-state index in [1.165, 1.54) is 11.8 Å². The maximum atomic E-state index is 7.51. The zero-order valence-corrected chi connectivity index (χ0v) is 11.7. The number of nitrogens with zero attached hydrogens (tertiary/aromatic N) is 2. The van der Waals surface area contributed by atoms with Crippen molar-refractivity contribution < 1.29 is 0 Å². The summed E-state index contributed by atoms with van der Waals surface area (Å²) in [6, 6.07) is 2.04. The first-order valence-electron chi connectivity index (χ1n) is 4.93. The minimum Gasteiger partial charge on any atom is -0.370 e. The minimum atomic E-state index is -0.0928. The van der Waals surface area contributed by atoms with Crippen molar-refractivity contribution in [2.45, 2.75) is 5.75 Å². The number of amidine groups is 1. The van der Waals surface area contributed by atoms with Crippen molar-refractivity contribution in [2.75, 3.05) is 0 Å². The van der Waals surface area contributed by atoms with Crippen LogP contribution in [0, 0.1) is 5.41 Å². The van der Waals surface area contributed by atoms with E-state index in [0.29, 0.717) is 5.75 Å². The Morgan fingerprint density at radius 3 is 2.94 bits per heavy atom. The summed E-state index contributed by atoms with van der Waals surface area (Å²) in [6.07, 6.45) is 0. The number of rotatable bonds is 3. The van der Waals surface area contributed by atoms with Crippen LogP contribution in [0.25, 0.3) is 10.6 Å². The van der Waals surface area contributed by atoms with Crippen molar-refractivity contribution in [3.05, 3.63) is 27.9 Å². The number of nitrogens with one attached hydrogen (secondary N) is 1. The standard InChI is InChI=1S/C10H11N5S3/c11-9(12)15-10(13)18-5-7-4-17-8(14-7)6-1-2-16-3-6/h1-4H,5H2,(H5,11,12,13,15). The SMILES string of the molecule is N=C(N=C(N)N)SCc1csc(-c2ccsc2)n1. The summed E-state index contributed by atoms with van der Waals surface area (Å²) in [6.45, 7) is 0. The van der Waals surface area contributed by atoms with Crippen molar-refractivity contribution in [1.82, 2.24) is 4.98 Å². The third-order valence-corrected chi connectivity index (χ3v) is 4.34. The van der Waals surface area contributed by atoms with E-state index in [1.807, 2.05) is 16.8 Å². The Kier molecular flexibility index (Phi) is 4.34. The second kappa shape index (κ2) is 5.98. The van der Waals surface area contributed by atoms with Crippen molar-refractivity contribution in [3.8, 4) is 10.6 Å². The molecule has 8 heteroatoms. The van der Waals surface area contributed by atoms with E-state index in [4.69, 9.17) is 16.9 Å². The zero-order valence-electron chi connectivity index (χ0n) is 9.29. The summed E-state index contributed by atoms with van der Waals surface area (Å²) in [5.41, 5.74) is 12.5. The van der Waals surface area contributed by atoms with Crippen LogP contribution in [0.5, 0.6) is 0 Å². The van der Waals surface area contributed by atoms with Crippen molar-refractivity contribution in [2.24, 2.45) is 16.5 Å². The van der Waals surface area contributed by atoms with Crippen molar-refractivity contribution in [1.29, 1.82) is 5.41 Å². The Balaban J connectivity index is 1.96. The van der Waals surface area contributed by atoms with Gasteiger partial charge in [-0.2, -0.15) is 16.3 Å². The molecule has 2 aromatic heterocycles. The lowest BCUT2D eigenvalue weighted by atomic mass is 10.4. The van der Waals surface area contributed by atoms with E-state index < -0.39 is 0 Å². The number of guanidine groups is 1. The van der Waals surface area contributed by atoms with E-state index in [-0.39, 0.29) is 11.1 Å². The molecule has 0 aliphatic heterocycles. The molecular formula is C10H11N5S3. The molecule has 5 nitrogen and oxygen atoms in total. The molecule has 2 aromatic rings. The Labute approximate surface area is 116 Å². The van der Waals surface area contributed by atoms with Crippen LogP contribution in [-0.2, 0) is 5.75 Å². The van der Waals surface area contributed by atoms with Crippen LogP contribution in [0.1, 0.15) is 5.69 Å². The fourth-order valence-electron chi connectivity index (χ4n) is 1.18. The fourth-order valence-corrected chi connectivity index (χ4v) is 3.42. The van der Waals surface area contributed by atoms with Crippen molar-refractivity contribution >= 4 is 45.6 Å². The molecule has 2 rings (SSSR count). The van der Waals surface area contributed by atoms with E-state index >= 15 is 0 Å². The van der Waals surface area contributed by atoms with E-state index in [1.54, 1.807) is 22.7 Å². The summed E-state index contributed by atoms with van der Waals surface area (Å²) in [7, 11) is 0. The first kappa shape index (κ1) is 13.1. The van der Waals surface area contributed by atoms with Crippen LogP contribution < -0.4 is 11.5 Å². The number of aliphatic imine (C=N–C) groups is 1. The lowest BCUT2D eigenvalue weighted by Crippen LogP contribution is -2.23. The van der Waals surface area contributed by atoms with Crippen LogP contribution in [0.15, 0.2) is 27.2 Å². The Morgan fingerprint density at radius 2 is 2.28 bits per heavy atom. The molecule has 0 saturated heterocycles. The monoisotopic (exact) mass is 297 g/mol. The van der Waals surface area contributed by atoms with Gasteiger partial charge in [-0.15, -0.1) is 11.3 Å². The van der Waals surface area contributed by atoms with Gasteiger partial charge in [0.15, 0.2) is 11.1 Å².